The van der Waals surface area contributed by atoms with Crippen LogP contribution in [0.1, 0.15) is 27.8 Å². The predicted molar refractivity (Wildman–Crippen MR) is 98.6 cm³/mol. The Hall–Kier alpha value is -3.45. The molecular weight excluding hydrogens is 332 g/mol. The Morgan fingerprint density at radius 2 is 1.77 bits per heavy atom. The van der Waals surface area contributed by atoms with Gasteiger partial charge in [0.1, 0.15) is 11.5 Å². The number of aromatic carboxylic acids is 1. The number of nitrogens with one attached hydrogen (secondary N) is 1. The average Bonchev–Trinajstić information content (AvgIpc) is 2.63. The summed E-state index contributed by atoms with van der Waals surface area (Å²) in [5, 5.41) is 22.2. The fraction of sp³-hybridized carbons (Fsp3) is 0.105. The molecule has 3 rings (SSSR count). The minimum atomic E-state index is -1.19. The van der Waals surface area contributed by atoms with Gasteiger partial charge in [0, 0.05) is 11.3 Å². The number of carboxylic acid groups (broad SMARTS) is 1. The molecule has 0 fully saturated rings. The number of aliphatic hydroxyl groups excluding tert-OH is 1. The van der Waals surface area contributed by atoms with Gasteiger partial charge in [0.25, 0.3) is 0 Å². The van der Waals surface area contributed by atoms with Gasteiger partial charge in [0.15, 0.2) is 6.23 Å². The van der Waals surface area contributed by atoms with Crippen molar-refractivity contribution < 1.29 is 15.0 Å². The highest BCUT2D eigenvalue weighted by Gasteiger charge is 2.16. The van der Waals surface area contributed by atoms with Gasteiger partial charge in [-0.1, -0.05) is 29.8 Å². The summed E-state index contributed by atoms with van der Waals surface area (Å²) >= 11 is 0. The number of anilines is 2. The third kappa shape index (κ3) is 3.79. The van der Waals surface area contributed by atoms with Crippen molar-refractivity contribution in [2.24, 2.45) is 0 Å². The average molecular weight is 350 g/mol. The van der Waals surface area contributed by atoms with Crippen molar-refractivity contribution in [3.8, 4) is 11.3 Å². The Balaban J connectivity index is 1.84. The molecule has 2 aromatic carbocycles. The monoisotopic (exact) mass is 350 g/mol. The van der Waals surface area contributed by atoms with Gasteiger partial charge in [-0.25, -0.2) is 14.8 Å². The number of nitrogens with zero attached hydrogens (tertiary/aromatic N) is 2. The normalized spacial score (nSPS) is 11.8. The van der Waals surface area contributed by atoms with Crippen LogP contribution in [0.4, 0.5) is 11.5 Å². The number of hydrogen-bond acceptors (Lipinski definition) is 6. The Kier molecular flexibility index (Phi) is 4.81. The molecule has 7 nitrogen and oxygen atoms in total. The molecule has 7 heteroatoms. The van der Waals surface area contributed by atoms with Crippen LogP contribution in [-0.4, -0.2) is 26.2 Å². The second kappa shape index (κ2) is 7.20. The van der Waals surface area contributed by atoms with Gasteiger partial charge in [-0.3, -0.25) is 0 Å². The minimum Gasteiger partial charge on any atom is -0.478 e. The van der Waals surface area contributed by atoms with E-state index in [1.165, 1.54) is 12.1 Å². The summed E-state index contributed by atoms with van der Waals surface area (Å²) in [6, 6.07) is 13.8. The molecule has 26 heavy (non-hydrogen) atoms. The van der Waals surface area contributed by atoms with Gasteiger partial charge in [0.2, 0.25) is 0 Å². The van der Waals surface area contributed by atoms with Crippen LogP contribution in [0.5, 0.6) is 0 Å². The van der Waals surface area contributed by atoms with Crippen molar-refractivity contribution in [2.75, 3.05) is 11.1 Å². The fourth-order valence-corrected chi connectivity index (χ4v) is 2.41. The number of nitrogen functional groups attached to an aromatic ring is 1. The van der Waals surface area contributed by atoms with E-state index < -0.39 is 12.2 Å². The maximum absolute atomic E-state index is 10.9. The van der Waals surface area contributed by atoms with E-state index in [4.69, 9.17) is 10.8 Å². The molecule has 0 aliphatic carbocycles. The van der Waals surface area contributed by atoms with E-state index in [2.05, 4.69) is 15.3 Å². The summed E-state index contributed by atoms with van der Waals surface area (Å²) in [7, 11) is 0. The summed E-state index contributed by atoms with van der Waals surface area (Å²) in [5.74, 6) is -0.902. The van der Waals surface area contributed by atoms with Gasteiger partial charge in [-0.15, -0.1) is 0 Å². The van der Waals surface area contributed by atoms with Gasteiger partial charge in [-0.2, -0.15) is 0 Å². The number of carboxylic acids is 1. The van der Waals surface area contributed by atoms with Crippen molar-refractivity contribution in [2.45, 2.75) is 13.2 Å². The Morgan fingerprint density at radius 3 is 2.38 bits per heavy atom. The third-order valence-corrected chi connectivity index (χ3v) is 3.87. The smallest absolute Gasteiger partial charge is 0.335 e. The number of hydrogen-bond donors (Lipinski definition) is 4. The van der Waals surface area contributed by atoms with Crippen LogP contribution in [0.25, 0.3) is 11.3 Å². The molecule has 1 heterocycles. The lowest BCUT2D eigenvalue weighted by atomic mass is 10.1. The van der Waals surface area contributed by atoms with E-state index in [-0.39, 0.29) is 17.1 Å². The van der Waals surface area contributed by atoms with Gasteiger partial charge in [-0.05, 0) is 31.2 Å². The highest BCUT2D eigenvalue weighted by atomic mass is 16.4. The molecule has 5 N–H and O–H groups in total. The number of nitrogens with two attached hydrogens (primary N) is 1. The second-order valence-corrected chi connectivity index (χ2v) is 5.82. The lowest BCUT2D eigenvalue weighted by Crippen LogP contribution is -2.15. The number of aromatic nitrogens is 2. The molecule has 1 atom stereocenters. The van der Waals surface area contributed by atoms with Crippen molar-refractivity contribution in [3.05, 3.63) is 71.5 Å². The molecule has 1 aromatic heterocycles. The zero-order valence-electron chi connectivity index (χ0n) is 14.0. The predicted octanol–water partition coefficient (Wildman–Crippen LogP) is 2.84. The summed E-state index contributed by atoms with van der Waals surface area (Å²) in [6.07, 6.45) is 0.362. The van der Waals surface area contributed by atoms with Crippen LogP contribution in [0.3, 0.4) is 0 Å². The van der Waals surface area contributed by atoms with Crippen LogP contribution < -0.4 is 11.1 Å². The van der Waals surface area contributed by atoms with E-state index in [1.807, 2.05) is 31.2 Å². The topological polar surface area (TPSA) is 121 Å². The van der Waals surface area contributed by atoms with Crippen molar-refractivity contribution in [3.63, 3.8) is 0 Å². The summed E-state index contributed by atoms with van der Waals surface area (Å²) in [4.78, 5) is 19.4. The van der Waals surface area contributed by atoms with Gasteiger partial charge in [0.05, 0.1) is 17.5 Å². The van der Waals surface area contributed by atoms with E-state index in [1.54, 1.807) is 18.3 Å². The summed E-state index contributed by atoms with van der Waals surface area (Å²) in [6.45, 7) is 1.99. The van der Waals surface area contributed by atoms with Crippen LogP contribution in [-0.2, 0) is 0 Å². The highest BCUT2D eigenvalue weighted by molar-refractivity contribution is 5.88. The molecule has 0 bridgehead atoms. The first-order chi connectivity index (χ1) is 12.4. The second-order valence-electron chi connectivity index (χ2n) is 5.82. The number of aliphatic hydroxyl groups is 1. The largest absolute Gasteiger partial charge is 0.478 e. The van der Waals surface area contributed by atoms with Crippen LogP contribution in [0.2, 0.25) is 0 Å². The maximum atomic E-state index is 10.9. The number of rotatable bonds is 5. The number of benzene rings is 2. The zero-order chi connectivity index (χ0) is 18.7. The minimum absolute atomic E-state index is 0.114. The van der Waals surface area contributed by atoms with E-state index in [0.717, 1.165) is 11.1 Å². The molecule has 132 valence electrons. The molecule has 0 spiro atoms. The third-order valence-electron chi connectivity index (χ3n) is 3.87. The quantitative estimate of drug-likeness (QED) is 0.522. The first kappa shape index (κ1) is 17.4. The molecule has 0 saturated carbocycles. The van der Waals surface area contributed by atoms with Gasteiger partial charge < -0.3 is 21.3 Å². The Morgan fingerprint density at radius 1 is 1.12 bits per heavy atom. The van der Waals surface area contributed by atoms with E-state index >= 15 is 0 Å². The standard InChI is InChI=1S/C19H18N4O3/c1-11-2-4-12(5-3-11)15-10-21-17(20)16(23-15)18(24)22-14-8-6-13(7-9-14)19(25)26/h2-10,18,22,24H,1H3,(H2,20,21)(H,25,26). The molecule has 0 radical (unpaired) electrons. The first-order valence-electron chi connectivity index (χ1n) is 7.91. The first-order valence-corrected chi connectivity index (χ1v) is 7.91. The SMILES string of the molecule is Cc1ccc(-c2cnc(N)c(C(O)Nc3ccc(C(=O)O)cc3)n2)cc1. The molecule has 0 saturated heterocycles. The Bertz CT molecular complexity index is 925. The van der Waals surface area contributed by atoms with Crippen LogP contribution in [0.15, 0.2) is 54.7 Å². The summed E-state index contributed by atoms with van der Waals surface area (Å²) in [5.41, 5.74) is 9.33. The molecule has 3 aromatic rings. The van der Waals surface area contributed by atoms with Crippen molar-refractivity contribution in [1.82, 2.24) is 9.97 Å². The van der Waals surface area contributed by atoms with Gasteiger partial charge >= 0.3 is 5.97 Å². The Labute approximate surface area is 150 Å². The van der Waals surface area contributed by atoms with E-state index in [9.17, 15) is 9.90 Å². The van der Waals surface area contributed by atoms with Crippen molar-refractivity contribution >= 4 is 17.5 Å². The molecule has 0 aliphatic rings. The summed E-state index contributed by atoms with van der Waals surface area (Å²) < 4.78 is 0. The molecule has 1 unspecified atom stereocenters. The molecular formula is C19H18N4O3. The number of aryl methyl sites for hydroxylation is 1. The lowest BCUT2D eigenvalue weighted by molar-refractivity contribution is 0.0697. The lowest BCUT2D eigenvalue weighted by Gasteiger charge is -2.16. The number of carbonyl (C=O) groups is 1. The molecule has 0 amide bonds. The van der Waals surface area contributed by atoms with Crippen LogP contribution >= 0.6 is 0 Å². The highest BCUT2D eigenvalue weighted by Crippen LogP contribution is 2.24. The molecule has 0 aliphatic heterocycles. The zero-order valence-corrected chi connectivity index (χ0v) is 14.0. The van der Waals surface area contributed by atoms with Crippen molar-refractivity contribution in [1.29, 1.82) is 0 Å². The maximum Gasteiger partial charge on any atom is 0.335 e. The van der Waals surface area contributed by atoms with E-state index in [0.29, 0.717) is 11.4 Å². The fourth-order valence-electron chi connectivity index (χ4n) is 2.41. The van der Waals surface area contributed by atoms with Crippen LogP contribution in [0, 0.1) is 6.92 Å².